The van der Waals surface area contributed by atoms with Crippen molar-refractivity contribution in [3.05, 3.63) is 29.3 Å². The Labute approximate surface area is 112 Å². The zero-order valence-corrected chi connectivity index (χ0v) is 11.4. The van der Waals surface area contributed by atoms with Gasteiger partial charge in [0.15, 0.2) is 0 Å². The van der Waals surface area contributed by atoms with Crippen molar-refractivity contribution in [3.63, 3.8) is 0 Å². The Bertz CT molecular complexity index is 461. The van der Waals surface area contributed by atoms with Crippen LogP contribution < -0.4 is 0 Å². The Balaban J connectivity index is 2.14. The van der Waals surface area contributed by atoms with Gasteiger partial charge in [-0.25, -0.2) is 0 Å². The highest BCUT2D eigenvalue weighted by molar-refractivity contribution is 6.20. The summed E-state index contributed by atoms with van der Waals surface area (Å²) >= 11 is 6.15. The summed E-state index contributed by atoms with van der Waals surface area (Å²) in [6.07, 6.45) is 0.826. The number of phenols is 1. The number of hydrogen-bond acceptors (Lipinski definition) is 2. The van der Waals surface area contributed by atoms with Gasteiger partial charge in [-0.3, -0.25) is 4.79 Å². The Morgan fingerprint density at radius 3 is 2.83 bits per heavy atom. The van der Waals surface area contributed by atoms with Gasteiger partial charge in [0.1, 0.15) is 5.75 Å². The molecule has 2 rings (SSSR count). The summed E-state index contributed by atoms with van der Waals surface area (Å²) in [4.78, 5) is 14.1. The van der Waals surface area contributed by atoms with Crippen molar-refractivity contribution in [1.29, 1.82) is 0 Å². The van der Waals surface area contributed by atoms with E-state index in [0.717, 1.165) is 12.0 Å². The second-order valence-corrected chi connectivity index (χ2v) is 5.59. The van der Waals surface area contributed by atoms with Gasteiger partial charge in [0.25, 0.3) is 5.91 Å². The van der Waals surface area contributed by atoms with Crippen LogP contribution in [0.5, 0.6) is 5.75 Å². The van der Waals surface area contributed by atoms with E-state index in [0.29, 0.717) is 24.6 Å². The zero-order chi connectivity index (χ0) is 13.3. The maximum atomic E-state index is 12.3. The van der Waals surface area contributed by atoms with Gasteiger partial charge in [0.2, 0.25) is 0 Å². The Kier molecular flexibility index (Phi) is 3.81. The van der Waals surface area contributed by atoms with Crippen LogP contribution in [0.4, 0.5) is 0 Å². The maximum Gasteiger partial charge on any atom is 0.253 e. The predicted molar refractivity (Wildman–Crippen MR) is 72.2 cm³/mol. The number of likely N-dealkylation sites (tertiary alicyclic amines) is 1. The van der Waals surface area contributed by atoms with Gasteiger partial charge in [-0.2, -0.15) is 0 Å². The molecule has 0 aromatic heterocycles. The first-order valence-electron chi connectivity index (χ1n) is 6.22. The van der Waals surface area contributed by atoms with Crippen LogP contribution in [0.3, 0.4) is 0 Å². The lowest BCUT2D eigenvalue weighted by molar-refractivity contribution is 0.0686. The monoisotopic (exact) mass is 267 g/mol. The first-order valence-corrected chi connectivity index (χ1v) is 6.65. The van der Waals surface area contributed by atoms with Crippen LogP contribution in [0.1, 0.15) is 29.3 Å². The number of amides is 1. The summed E-state index contributed by atoms with van der Waals surface area (Å²) in [5, 5.41) is 9.80. The average molecular weight is 268 g/mol. The third-order valence-corrected chi connectivity index (χ3v) is 4.19. The first-order chi connectivity index (χ1) is 8.49. The standard InChI is InChI=1S/C14H18ClNO2/c1-9-3-4-11(7-13(9)17)14(18)16-6-5-12(15)10(2)8-16/h3-4,7,10,12,17H,5-6,8H2,1-2H3. The lowest BCUT2D eigenvalue weighted by Crippen LogP contribution is -2.43. The van der Waals surface area contributed by atoms with Gasteiger partial charge in [0.05, 0.1) is 0 Å². The molecule has 1 aromatic rings. The fourth-order valence-electron chi connectivity index (χ4n) is 2.23. The number of aryl methyl sites for hydroxylation is 1. The molecule has 0 saturated carbocycles. The van der Waals surface area contributed by atoms with E-state index in [2.05, 4.69) is 6.92 Å². The summed E-state index contributed by atoms with van der Waals surface area (Å²) in [5.41, 5.74) is 1.32. The highest BCUT2D eigenvalue weighted by Crippen LogP contribution is 2.24. The number of carbonyl (C=O) groups excluding carboxylic acids is 1. The minimum Gasteiger partial charge on any atom is -0.508 e. The molecular weight excluding hydrogens is 250 g/mol. The predicted octanol–water partition coefficient (Wildman–Crippen LogP) is 2.79. The first kappa shape index (κ1) is 13.2. The van der Waals surface area contributed by atoms with Crippen molar-refractivity contribution >= 4 is 17.5 Å². The van der Waals surface area contributed by atoms with Crippen molar-refractivity contribution in [3.8, 4) is 5.75 Å². The number of rotatable bonds is 1. The SMILES string of the molecule is Cc1ccc(C(=O)N2CCC(Cl)C(C)C2)cc1O. The molecule has 4 heteroatoms. The highest BCUT2D eigenvalue weighted by atomic mass is 35.5. The van der Waals surface area contributed by atoms with Crippen molar-refractivity contribution in [2.75, 3.05) is 13.1 Å². The van der Waals surface area contributed by atoms with Gasteiger partial charge < -0.3 is 10.0 Å². The van der Waals surface area contributed by atoms with Gasteiger partial charge in [-0.15, -0.1) is 11.6 Å². The summed E-state index contributed by atoms with van der Waals surface area (Å²) < 4.78 is 0. The molecule has 0 spiro atoms. The van der Waals surface area contributed by atoms with Crippen molar-refractivity contribution in [2.45, 2.75) is 25.6 Å². The van der Waals surface area contributed by atoms with E-state index < -0.39 is 0 Å². The second-order valence-electron chi connectivity index (χ2n) is 5.03. The molecule has 98 valence electrons. The lowest BCUT2D eigenvalue weighted by atomic mass is 9.98. The number of alkyl halides is 1. The van der Waals surface area contributed by atoms with Crippen molar-refractivity contribution < 1.29 is 9.90 Å². The number of aromatic hydroxyl groups is 1. The number of phenolic OH excluding ortho intramolecular Hbond substituents is 1. The molecule has 1 saturated heterocycles. The topological polar surface area (TPSA) is 40.5 Å². The Morgan fingerprint density at radius 1 is 1.50 bits per heavy atom. The maximum absolute atomic E-state index is 12.3. The fraction of sp³-hybridized carbons (Fsp3) is 0.500. The fourth-order valence-corrected chi connectivity index (χ4v) is 2.40. The van der Waals surface area contributed by atoms with Crippen LogP contribution in [0, 0.1) is 12.8 Å². The van der Waals surface area contributed by atoms with E-state index in [4.69, 9.17) is 11.6 Å². The summed E-state index contributed by atoms with van der Waals surface area (Å²) in [7, 11) is 0. The number of nitrogens with zero attached hydrogens (tertiary/aromatic N) is 1. The number of piperidine rings is 1. The van der Waals surface area contributed by atoms with E-state index in [1.165, 1.54) is 6.07 Å². The molecule has 0 aliphatic carbocycles. The zero-order valence-electron chi connectivity index (χ0n) is 10.7. The van der Waals surface area contributed by atoms with Crippen LogP contribution in [-0.4, -0.2) is 34.4 Å². The van der Waals surface area contributed by atoms with Gasteiger partial charge in [-0.05, 0) is 37.0 Å². The highest BCUT2D eigenvalue weighted by Gasteiger charge is 2.27. The molecule has 3 nitrogen and oxygen atoms in total. The number of halogens is 1. The van der Waals surface area contributed by atoms with Gasteiger partial charge >= 0.3 is 0 Å². The van der Waals surface area contributed by atoms with Crippen LogP contribution >= 0.6 is 11.6 Å². The molecule has 2 unspecified atom stereocenters. The molecule has 1 aromatic carbocycles. The minimum atomic E-state index is -0.0271. The summed E-state index contributed by atoms with van der Waals surface area (Å²) in [5.74, 6) is 0.449. The number of hydrogen-bond donors (Lipinski definition) is 1. The Morgan fingerprint density at radius 2 is 2.22 bits per heavy atom. The molecule has 1 amide bonds. The van der Waals surface area contributed by atoms with Crippen molar-refractivity contribution in [1.82, 2.24) is 4.90 Å². The van der Waals surface area contributed by atoms with Crippen LogP contribution in [-0.2, 0) is 0 Å². The normalized spacial score (nSPS) is 24.1. The third kappa shape index (κ3) is 2.61. The van der Waals surface area contributed by atoms with Gasteiger partial charge in [0, 0.05) is 24.0 Å². The average Bonchev–Trinajstić information content (AvgIpc) is 2.35. The van der Waals surface area contributed by atoms with E-state index >= 15 is 0 Å². The van der Waals surface area contributed by atoms with Crippen molar-refractivity contribution in [2.24, 2.45) is 5.92 Å². The third-order valence-electron chi connectivity index (χ3n) is 3.54. The second kappa shape index (κ2) is 5.19. The molecule has 1 N–H and O–H groups in total. The molecule has 1 aliphatic rings. The molecule has 1 aliphatic heterocycles. The summed E-state index contributed by atoms with van der Waals surface area (Å²) in [6, 6.07) is 5.06. The van der Waals surface area contributed by atoms with E-state index in [1.54, 1.807) is 12.1 Å². The number of carbonyl (C=O) groups is 1. The largest absolute Gasteiger partial charge is 0.508 e. The molecule has 2 atom stereocenters. The molecule has 0 radical (unpaired) electrons. The van der Waals surface area contributed by atoms with Gasteiger partial charge in [-0.1, -0.05) is 13.0 Å². The van der Waals surface area contributed by atoms with E-state index in [1.807, 2.05) is 11.8 Å². The molecular formula is C14H18ClNO2. The van der Waals surface area contributed by atoms with E-state index in [9.17, 15) is 9.90 Å². The van der Waals surface area contributed by atoms with Crippen LogP contribution in [0.15, 0.2) is 18.2 Å². The van der Waals surface area contributed by atoms with Crippen LogP contribution in [0.2, 0.25) is 0 Å². The molecule has 0 bridgehead atoms. The molecule has 18 heavy (non-hydrogen) atoms. The summed E-state index contributed by atoms with van der Waals surface area (Å²) in [6.45, 7) is 5.24. The van der Waals surface area contributed by atoms with Crippen LogP contribution in [0.25, 0.3) is 0 Å². The molecule has 1 heterocycles. The molecule has 1 fully saturated rings. The number of benzene rings is 1. The van der Waals surface area contributed by atoms with E-state index in [-0.39, 0.29) is 17.0 Å². The minimum absolute atomic E-state index is 0.0271. The smallest absolute Gasteiger partial charge is 0.253 e. The lowest BCUT2D eigenvalue weighted by Gasteiger charge is -2.34. The quantitative estimate of drug-likeness (QED) is 0.795. The Hall–Kier alpha value is -1.22.